The van der Waals surface area contributed by atoms with Gasteiger partial charge in [0.25, 0.3) is 10.1 Å². The number of nitrogens with one attached hydrogen (secondary N) is 1. The number of anilines is 2. The number of allylic oxidation sites excluding steroid dienone is 1. The van der Waals surface area contributed by atoms with Crippen molar-refractivity contribution in [2.75, 3.05) is 18.2 Å². The largest absolute Gasteiger partial charge is 0.396 e. The Morgan fingerprint density at radius 2 is 1.79 bits per heavy atom. The highest BCUT2D eigenvalue weighted by molar-refractivity contribution is 7.86. The standard InChI is InChI=1S/C25H26N4O4S/c1-15-12-19(14-27-25(15)18-10-8-17(9-11-18)16(2)30)29(3)28-22-13-23(34(31,32)33)20-6-4-5-7-21(20)24(22)26/h4-11,13-15,28H,12,26H2,1-3H3,(H,31,32,33). The Morgan fingerprint density at radius 3 is 2.38 bits per heavy atom. The normalized spacial score (nSPS) is 16.1. The van der Waals surface area contributed by atoms with Crippen LogP contribution in [0.2, 0.25) is 0 Å². The van der Waals surface area contributed by atoms with Gasteiger partial charge in [-0.25, -0.2) is 0 Å². The number of hydrazine groups is 1. The Kier molecular flexibility index (Phi) is 6.16. The van der Waals surface area contributed by atoms with E-state index in [9.17, 15) is 17.8 Å². The molecule has 1 aliphatic rings. The minimum atomic E-state index is -4.46. The molecule has 1 aliphatic heterocycles. The molecule has 4 rings (SSSR count). The summed E-state index contributed by atoms with van der Waals surface area (Å²) < 4.78 is 33.7. The van der Waals surface area contributed by atoms with Crippen LogP contribution in [-0.2, 0) is 10.1 Å². The Hall–Kier alpha value is -3.69. The molecular formula is C25H26N4O4S. The zero-order chi connectivity index (χ0) is 24.6. The lowest BCUT2D eigenvalue weighted by Crippen LogP contribution is -2.29. The number of nitrogens with two attached hydrogens (primary N) is 1. The summed E-state index contributed by atoms with van der Waals surface area (Å²) >= 11 is 0. The molecule has 4 N–H and O–H groups in total. The van der Waals surface area contributed by atoms with Crippen molar-refractivity contribution >= 4 is 43.8 Å². The molecule has 0 radical (unpaired) electrons. The third-order valence-electron chi connectivity index (χ3n) is 5.97. The summed E-state index contributed by atoms with van der Waals surface area (Å²) in [5.41, 5.74) is 13.6. The van der Waals surface area contributed by atoms with Gasteiger partial charge < -0.3 is 5.73 Å². The molecule has 1 unspecified atom stereocenters. The minimum Gasteiger partial charge on any atom is -0.396 e. The number of nitrogen functional groups attached to an aromatic ring is 1. The SMILES string of the molecule is CC(=O)c1ccc(C2=NC=C(N(C)Nc3cc(S(=O)(=O)O)c4ccccc4c3N)CC2C)cc1. The number of hydrogen-bond donors (Lipinski definition) is 3. The molecule has 0 amide bonds. The van der Waals surface area contributed by atoms with Gasteiger partial charge in [0, 0.05) is 35.5 Å². The minimum absolute atomic E-state index is 0.0187. The summed E-state index contributed by atoms with van der Waals surface area (Å²) in [6.07, 6.45) is 2.43. The predicted octanol–water partition coefficient (Wildman–Crippen LogP) is 4.50. The van der Waals surface area contributed by atoms with Gasteiger partial charge in [0.15, 0.2) is 5.78 Å². The average molecular weight is 479 g/mol. The van der Waals surface area contributed by atoms with Gasteiger partial charge in [0.05, 0.1) is 22.8 Å². The van der Waals surface area contributed by atoms with Gasteiger partial charge in [-0.1, -0.05) is 55.5 Å². The second kappa shape index (κ2) is 8.92. The van der Waals surface area contributed by atoms with Crippen LogP contribution in [0.25, 0.3) is 10.8 Å². The Bertz CT molecular complexity index is 1440. The molecule has 0 aliphatic carbocycles. The summed E-state index contributed by atoms with van der Waals surface area (Å²) in [4.78, 5) is 16.0. The number of rotatable bonds is 6. The van der Waals surface area contributed by atoms with Crippen molar-refractivity contribution in [3.8, 4) is 0 Å². The van der Waals surface area contributed by atoms with Crippen LogP contribution in [0.15, 0.2) is 76.4 Å². The molecule has 1 heterocycles. The molecule has 1 atom stereocenters. The summed E-state index contributed by atoms with van der Waals surface area (Å²) in [5, 5.41) is 2.62. The second-order valence-electron chi connectivity index (χ2n) is 8.40. The molecule has 3 aromatic carbocycles. The molecule has 0 saturated carbocycles. The van der Waals surface area contributed by atoms with E-state index in [0.29, 0.717) is 34.1 Å². The lowest BCUT2D eigenvalue weighted by atomic mass is 9.91. The summed E-state index contributed by atoms with van der Waals surface area (Å²) in [6.45, 7) is 3.61. The number of aliphatic imine (C=N–C) groups is 1. The van der Waals surface area contributed by atoms with Gasteiger partial charge in [-0.2, -0.15) is 8.42 Å². The van der Waals surface area contributed by atoms with E-state index in [-0.39, 0.29) is 16.6 Å². The monoisotopic (exact) mass is 478 g/mol. The van der Waals surface area contributed by atoms with E-state index < -0.39 is 10.1 Å². The van der Waals surface area contributed by atoms with Crippen LogP contribution in [0, 0.1) is 5.92 Å². The van der Waals surface area contributed by atoms with E-state index in [1.807, 2.05) is 12.1 Å². The van der Waals surface area contributed by atoms with Gasteiger partial charge in [-0.05, 0) is 25.0 Å². The molecule has 0 fully saturated rings. The molecule has 0 saturated heterocycles. The first kappa shape index (κ1) is 23.5. The van der Waals surface area contributed by atoms with Crippen molar-refractivity contribution in [1.82, 2.24) is 5.01 Å². The van der Waals surface area contributed by atoms with Crippen molar-refractivity contribution in [3.05, 3.63) is 77.6 Å². The average Bonchev–Trinajstić information content (AvgIpc) is 2.80. The van der Waals surface area contributed by atoms with Crippen molar-refractivity contribution in [2.45, 2.75) is 25.2 Å². The Balaban J connectivity index is 1.64. The van der Waals surface area contributed by atoms with Crippen LogP contribution >= 0.6 is 0 Å². The summed E-state index contributed by atoms with van der Waals surface area (Å²) in [6, 6.07) is 15.5. The zero-order valence-electron chi connectivity index (χ0n) is 19.1. The Morgan fingerprint density at radius 1 is 1.15 bits per heavy atom. The maximum Gasteiger partial charge on any atom is 0.295 e. The molecule has 0 aromatic heterocycles. The topological polar surface area (TPSA) is 125 Å². The van der Waals surface area contributed by atoms with E-state index in [2.05, 4.69) is 17.3 Å². The van der Waals surface area contributed by atoms with Crippen LogP contribution in [0.5, 0.6) is 0 Å². The molecule has 3 aromatic rings. The number of benzene rings is 3. The fourth-order valence-electron chi connectivity index (χ4n) is 4.12. The summed E-state index contributed by atoms with van der Waals surface area (Å²) in [5.74, 6) is 0.125. The van der Waals surface area contributed by atoms with Crippen molar-refractivity contribution in [1.29, 1.82) is 0 Å². The van der Waals surface area contributed by atoms with Gasteiger partial charge in [0.1, 0.15) is 4.90 Å². The first-order chi connectivity index (χ1) is 16.1. The second-order valence-corrected chi connectivity index (χ2v) is 9.79. The predicted molar refractivity (Wildman–Crippen MR) is 134 cm³/mol. The quantitative estimate of drug-likeness (QED) is 0.206. The fourth-order valence-corrected chi connectivity index (χ4v) is 4.84. The first-order valence-corrected chi connectivity index (χ1v) is 12.2. The van der Waals surface area contributed by atoms with Crippen LogP contribution in [0.4, 0.5) is 11.4 Å². The number of nitrogens with zero attached hydrogens (tertiary/aromatic N) is 2. The number of ketones is 1. The highest BCUT2D eigenvalue weighted by atomic mass is 32.2. The molecule has 34 heavy (non-hydrogen) atoms. The smallest absolute Gasteiger partial charge is 0.295 e. The maximum absolute atomic E-state index is 12.0. The number of carbonyl (C=O) groups is 1. The molecule has 8 nitrogen and oxygen atoms in total. The van der Waals surface area contributed by atoms with Crippen molar-refractivity contribution in [2.24, 2.45) is 10.9 Å². The highest BCUT2D eigenvalue weighted by Crippen LogP contribution is 2.35. The lowest BCUT2D eigenvalue weighted by Gasteiger charge is -2.30. The summed E-state index contributed by atoms with van der Waals surface area (Å²) in [7, 11) is -2.66. The molecule has 9 heteroatoms. The number of Topliss-reactive ketones (excluding diaryl/α,β-unsaturated/α-hetero) is 1. The molecular weight excluding hydrogens is 452 g/mol. The molecule has 0 bridgehead atoms. The van der Waals surface area contributed by atoms with E-state index in [1.165, 1.54) is 13.0 Å². The lowest BCUT2D eigenvalue weighted by molar-refractivity contribution is 0.101. The van der Waals surface area contributed by atoms with Gasteiger partial charge >= 0.3 is 0 Å². The number of fused-ring (bicyclic) bond motifs is 1. The van der Waals surface area contributed by atoms with Crippen LogP contribution in [0.3, 0.4) is 0 Å². The first-order valence-electron chi connectivity index (χ1n) is 10.7. The zero-order valence-corrected chi connectivity index (χ0v) is 19.9. The Labute approximate surface area is 198 Å². The van der Waals surface area contributed by atoms with Gasteiger partial charge in [0.2, 0.25) is 0 Å². The van der Waals surface area contributed by atoms with Crippen LogP contribution in [0.1, 0.15) is 36.2 Å². The fraction of sp³-hybridized carbons (Fsp3) is 0.200. The van der Waals surface area contributed by atoms with Crippen molar-refractivity contribution < 1.29 is 17.8 Å². The van der Waals surface area contributed by atoms with Crippen LogP contribution < -0.4 is 11.2 Å². The maximum atomic E-state index is 12.0. The number of carbonyl (C=O) groups excluding carboxylic acids is 1. The van der Waals surface area contributed by atoms with E-state index in [4.69, 9.17) is 5.73 Å². The third kappa shape index (κ3) is 4.52. The van der Waals surface area contributed by atoms with Gasteiger partial charge in [-0.3, -0.25) is 24.8 Å². The highest BCUT2D eigenvalue weighted by Gasteiger charge is 2.23. The van der Waals surface area contributed by atoms with Gasteiger partial charge in [-0.15, -0.1) is 0 Å². The third-order valence-corrected chi connectivity index (χ3v) is 6.86. The molecule has 176 valence electrons. The van der Waals surface area contributed by atoms with E-state index >= 15 is 0 Å². The molecule has 0 spiro atoms. The number of hydrogen-bond acceptors (Lipinski definition) is 7. The van der Waals surface area contributed by atoms with E-state index in [0.717, 1.165) is 17.0 Å². The van der Waals surface area contributed by atoms with Crippen molar-refractivity contribution in [3.63, 3.8) is 0 Å². The van der Waals surface area contributed by atoms with E-state index in [1.54, 1.807) is 54.7 Å². The van der Waals surface area contributed by atoms with Crippen LogP contribution in [-0.4, -0.2) is 36.5 Å².